The van der Waals surface area contributed by atoms with Crippen LogP contribution >= 0.6 is 0 Å². The van der Waals surface area contributed by atoms with Gasteiger partial charge in [-0.25, -0.2) is 0 Å². The Balaban J connectivity index is 1.63. The third-order valence-corrected chi connectivity index (χ3v) is 6.55. The Bertz CT molecular complexity index is 1340. The van der Waals surface area contributed by atoms with E-state index in [-0.39, 0.29) is 18.2 Å². The van der Waals surface area contributed by atoms with Crippen molar-refractivity contribution in [2.24, 2.45) is 0 Å². The van der Waals surface area contributed by atoms with Crippen LogP contribution in [0.25, 0.3) is 0 Å². The molecule has 6 heteroatoms. The predicted octanol–water partition coefficient (Wildman–Crippen LogP) is 5.38. The van der Waals surface area contributed by atoms with E-state index < -0.39 is 6.04 Å². The molecule has 1 N–H and O–H groups in total. The molecule has 2 amide bonds. The Kier molecular flexibility index (Phi) is 9.73. The number of amides is 2. The fraction of sp³-hybridized carbons (Fsp3) is 0.212. The summed E-state index contributed by atoms with van der Waals surface area (Å²) in [5, 5.41) is 3.08. The highest BCUT2D eigenvalue weighted by molar-refractivity contribution is 5.89. The van der Waals surface area contributed by atoms with Gasteiger partial charge < -0.3 is 19.7 Å². The maximum absolute atomic E-state index is 14.0. The minimum atomic E-state index is -0.796. The molecule has 4 rings (SSSR count). The number of hydrogen-bond donors (Lipinski definition) is 1. The van der Waals surface area contributed by atoms with Crippen molar-refractivity contribution in [1.82, 2.24) is 10.2 Å². The lowest BCUT2D eigenvalue weighted by molar-refractivity contribution is -0.141. The molecule has 0 heterocycles. The van der Waals surface area contributed by atoms with Crippen LogP contribution in [0.15, 0.2) is 109 Å². The average Bonchev–Trinajstić information content (AvgIpc) is 2.98. The minimum Gasteiger partial charge on any atom is -0.493 e. The number of rotatable bonds is 12. The van der Waals surface area contributed by atoms with E-state index in [0.29, 0.717) is 31.0 Å². The fourth-order valence-electron chi connectivity index (χ4n) is 4.55. The summed E-state index contributed by atoms with van der Waals surface area (Å²) in [5.41, 5.74) is 3.61. The van der Waals surface area contributed by atoms with Crippen LogP contribution in [0.5, 0.6) is 11.5 Å². The molecule has 39 heavy (non-hydrogen) atoms. The molecule has 6 nitrogen and oxygen atoms in total. The van der Waals surface area contributed by atoms with Gasteiger partial charge in [0, 0.05) is 13.1 Å². The van der Waals surface area contributed by atoms with Crippen LogP contribution < -0.4 is 14.8 Å². The predicted molar refractivity (Wildman–Crippen MR) is 153 cm³/mol. The van der Waals surface area contributed by atoms with E-state index in [1.807, 2.05) is 97.1 Å². The molecule has 200 valence electrons. The van der Waals surface area contributed by atoms with Gasteiger partial charge in [0.15, 0.2) is 11.5 Å². The summed E-state index contributed by atoms with van der Waals surface area (Å²) < 4.78 is 10.8. The summed E-state index contributed by atoms with van der Waals surface area (Å²) in [7, 11) is 3.14. The van der Waals surface area contributed by atoms with E-state index in [1.165, 1.54) is 0 Å². The highest BCUT2D eigenvalue weighted by atomic mass is 16.5. The number of nitrogens with one attached hydrogen (secondary N) is 1. The summed E-state index contributed by atoms with van der Waals surface area (Å²) in [5.74, 6) is 0.761. The van der Waals surface area contributed by atoms with E-state index in [9.17, 15) is 9.59 Å². The van der Waals surface area contributed by atoms with E-state index in [1.54, 1.807) is 31.3 Å². The monoisotopic (exact) mass is 522 g/mol. The Morgan fingerprint density at radius 1 is 0.718 bits per heavy atom. The Hall–Kier alpha value is -4.58. The van der Waals surface area contributed by atoms with Gasteiger partial charge in [0.05, 0.1) is 20.6 Å². The summed E-state index contributed by atoms with van der Waals surface area (Å²) in [4.78, 5) is 29.4. The van der Waals surface area contributed by atoms with Crippen LogP contribution in [0.1, 0.15) is 28.3 Å². The van der Waals surface area contributed by atoms with Crippen LogP contribution in [0.4, 0.5) is 0 Å². The summed E-state index contributed by atoms with van der Waals surface area (Å²) >= 11 is 0. The Morgan fingerprint density at radius 2 is 1.31 bits per heavy atom. The highest BCUT2D eigenvalue weighted by Crippen LogP contribution is 2.29. The van der Waals surface area contributed by atoms with Crippen LogP contribution in [0.3, 0.4) is 0 Å². The van der Waals surface area contributed by atoms with E-state index in [0.717, 1.165) is 22.3 Å². The van der Waals surface area contributed by atoms with Gasteiger partial charge in [-0.2, -0.15) is 0 Å². The zero-order valence-electron chi connectivity index (χ0n) is 22.4. The molecule has 0 aromatic heterocycles. The lowest BCUT2D eigenvalue weighted by Crippen LogP contribution is -2.44. The molecule has 0 aliphatic heterocycles. The van der Waals surface area contributed by atoms with Gasteiger partial charge in [0.1, 0.15) is 6.04 Å². The molecule has 0 fully saturated rings. The van der Waals surface area contributed by atoms with Crippen molar-refractivity contribution >= 4 is 11.8 Å². The van der Waals surface area contributed by atoms with E-state index in [2.05, 4.69) is 5.32 Å². The molecule has 0 aliphatic rings. The normalized spacial score (nSPS) is 11.3. The molecule has 0 bridgehead atoms. The molecule has 0 saturated carbocycles. The number of nitrogens with zero attached hydrogens (tertiary/aromatic N) is 1. The smallest absolute Gasteiger partial charge is 0.247 e. The quantitative estimate of drug-likeness (QED) is 0.271. The van der Waals surface area contributed by atoms with Crippen LogP contribution in [-0.4, -0.2) is 37.5 Å². The zero-order chi connectivity index (χ0) is 27.5. The van der Waals surface area contributed by atoms with Crippen molar-refractivity contribution < 1.29 is 19.1 Å². The Labute approximate surface area is 230 Å². The van der Waals surface area contributed by atoms with Crippen molar-refractivity contribution in [1.29, 1.82) is 0 Å². The molecule has 1 atom stereocenters. The van der Waals surface area contributed by atoms with Gasteiger partial charge in [-0.15, -0.1) is 0 Å². The SMILES string of the molecule is COc1ccc(CC(=O)N(Cc2ccccc2)[C@H](C(=O)NCCc2ccccc2)c2ccccc2)cc1OC. The van der Waals surface area contributed by atoms with Gasteiger partial charge in [-0.3, -0.25) is 9.59 Å². The number of methoxy groups -OCH3 is 2. The molecule has 0 unspecified atom stereocenters. The standard InChI is InChI=1S/C33H34N2O4/c1-38-29-19-18-27(22-30(29)39-2)23-31(36)35(24-26-14-8-4-9-15-26)32(28-16-10-5-11-17-28)33(37)34-21-20-25-12-6-3-7-13-25/h3-19,22,32H,20-21,23-24H2,1-2H3,(H,34,37)/t32-/m0/s1. The first-order chi connectivity index (χ1) is 19.1. The number of carbonyl (C=O) groups excluding carboxylic acids is 2. The highest BCUT2D eigenvalue weighted by Gasteiger charge is 2.31. The summed E-state index contributed by atoms with van der Waals surface area (Å²) in [6, 6.07) is 33.8. The van der Waals surface area contributed by atoms with Crippen molar-refractivity contribution in [3.63, 3.8) is 0 Å². The van der Waals surface area contributed by atoms with E-state index in [4.69, 9.17) is 9.47 Å². The summed E-state index contributed by atoms with van der Waals surface area (Å²) in [6.45, 7) is 0.758. The number of benzene rings is 4. The first-order valence-electron chi connectivity index (χ1n) is 13.0. The van der Waals surface area contributed by atoms with Crippen LogP contribution in [0.2, 0.25) is 0 Å². The largest absolute Gasteiger partial charge is 0.493 e. The second-order valence-electron chi connectivity index (χ2n) is 9.21. The van der Waals surface area contributed by atoms with Crippen molar-refractivity contribution in [3.8, 4) is 11.5 Å². The third-order valence-electron chi connectivity index (χ3n) is 6.55. The molecular weight excluding hydrogens is 488 g/mol. The van der Waals surface area contributed by atoms with Gasteiger partial charge in [-0.1, -0.05) is 97.1 Å². The van der Waals surface area contributed by atoms with Gasteiger partial charge in [0.25, 0.3) is 0 Å². The van der Waals surface area contributed by atoms with E-state index >= 15 is 0 Å². The molecule has 0 radical (unpaired) electrons. The number of ether oxygens (including phenoxy) is 2. The van der Waals surface area contributed by atoms with Gasteiger partial charge >= 0.3 is 0 Å². The average molecular weight is 523 g/mol. The maximum atomic E-state index is 14.0. The molecule has 0 saturated heterocycles. The minimum absolute atomic E-state index is 0.105. The third kappa shape index (κ3) is 7.48. The molecule has 0 spiro atoms. The zero-order valence-corrected chi connectivity index (χ0v) is 22.4. The Morgan fingerprint density at radius 3 is 1.92 bits per heavy atom. The topological polar surface area (TPSA) is 67.9 Å². The first-order valence-corrected chi connectivity index (χ1v) is 13.0. The first kappa shape index (κ1) is 27.5. The van der Waals surface area contributed by atoms with Crippen molar-refractivity contribution in [2.75, 3.05) is 20.8 Å². The fourth-order valence-corrected chi connectivity index (χ4v) is 4.55. The van der Waals surface area contributed by atoms with Crippen LogP contribution in [0, 0.1) is 0 Å². The molecule has 4 aromatic rings. The van der Waals surface area contributed by atoms with Crippen molar-refractivity contribution in [2.45, 2.75) is 25.4 Å². The molecule has 4 aromatic carbocycles. The second kappa shape index (κ2) is 13.8. The number of carbonyl (C=O) groups is 2. The van der Waals surface area contributed by atoms with Gasteiger partial charge in [-0.05, 0) is 40.8 Å². The molecular formula is C33H34N2O4. The second-order valence-corrected chi connectivity index (χ2v) is 9.21. The van der Waals surface area contributed by atoms with Crippen LogP contribution in [-0.2, 0) is 29.0 Å². The lowest BCUT2D eigenvalue weighted by Gasteiger charge is -2.32. The summed E-state index contributed by atoms with van der Waals surface area (Å²) in [6.07, 6.45) is 0.806. The lowest BCUT2D eigenvalue weighted by atomic mass is 10.0. The van der Waals surface area contributed by atoms with Gasteiger partial charge in [0.2, 0.25) is 11.8 Å². The number of hydrogen-bond acceptors (Lipinski definition) is 4. The molecule has 0 aliphatic carbocycles. The van der Waals surface area contributed by atoms with Crippen molar-refractivity contribution in [3.05, 3.63) is 131 Å². The maximum Gasteiger partial charge on any atom is 0.247 e.